The lowest BCUT2D eigenvalue weighted by atomic mass is 9.93. The number of fused-ring (bicyclic) bond motifs is 2. The van der Waals surface area contributed by atoms with Gasteiger partial charge in [-0.15, -0.1) is 0 Å². The Bertz CT molecular complexity index is 1880. The average molecular weight is 741 g/mol. The highest BCUT2D eigenvalue weighted by Crippen LogP contribution is 2.35. The van der Waals surface area contributed by atoms with Gasteiger partial charge in [0.05, 0.1) is 0 Å². The first-order valence-corrected chi connectivity index (χ1v) is 18.3. The number of carbonyl (C=O) groups is 9. The molecule has 13 heteroatoms. The van der Waals surface area contributed by atoms with Crippen LogP contribution in [0.4, 0.5) is 9.59 Å². The first-order valence-electron chi connectivity index (χ1n) is 18.3. The van der Waals surface area contributed by atoms with E-state index in [4.69, 9.17) is 9.47 Å². The monoisotopic (exact) mass is 740 g/mol. The van der Waals surface area contributed by atoms with E-state index in [1.807, 2.05) is 0 Å². The molecule has 2 saturated heterocycles. The first kappa shape index (κ1) is 38.4. The van der Waals surface area contributed by atoms with Gasteiger partial charge >= 0.3 is 12.2 Å². The summed E-state index contributed by atoms with van der Waals surface area (Å²) in [5, 5.41) is 0. The molecule has 2 fully saturated rings. The number of hydrogen-bond acceptors (Lipinski definition) is 11. The smallest absolute Gasteiger partial charge is 0.410 e. The number of rotatable bonds is 8. The van der Waals surface area contributed by atoms with Crippen LogP contribution in [0.25, 0.3) is 0 Å². The molecule has 4 atom stereocenters. The number of benzene rings is 2. The van der Waals surface area contributed by atoms with Crippen LogP contribution >= 0.6 is 0 Å². The summed E-state index contributed by atoms with van der Waals surface area (Å²) >= 11 is 0. The van der Waals surface area contributed by atoms with Crippen molar-refractivity contribution in [2.24, 2.45) is 11.8 Å². The summed E-state index contributed by atoms with van der Waals surface area (Å²) in [7, 11) is 0. The zero-order chi connectivity index (χ0) is 39.4. The summed E-state index contributed by atoms with van der Waals surface area (Å²) < 4.78 is 10.9. The Kier molecular flexibility index (Phi) is 10.1. The van der Waals surface area contributed by atoms with E-state index in [1.165, 1.54) is 46.2 Å². The van der Waals surface area contributed by atoms with Crippen molar-refractivity contribution < 1.29 is 52.6 Å². The largest absolute Gasteiger partial charge is 0.444 e. The SMILES string of the molecule is CC(C)(C)OC(=O)N1CCC[C@@H]1CC(=O)C1C(=O)c2ccc(C(=O)c3ccc4c(c3)C(=O)C(C(=O)C[C@H]3CCCN3C(=O)OC(C)(C)C)C4=O)cc2C1=O. The van der Waals surface area contributed by atoms with Crippen LogP contribution in [0.2, 0.25) is 0 Å². The van der Waals surface area contributed by atoms with Gasteiger partial charge in [-0.25, -0.2) is 9.59 Å². The molecule has 0 spiro atoms. The minimum atomic E-state index is -1.59. The van der Waals surface area contributed by atoms with Crippen molar-refractivity contribution in [3.05, 3.63) is 69.8 Å². The standard InChI is InChI=1S/C41H44N2O11/c1-40(2,3)53-38(51)42-15-7-9-23(42)19-29(44)31-34(47)25-13-11-21(17-27(25)36(31)49)33(46)22-12-14-26-28(18-22)37(50)32(35(26)48)30(45)20-24-10-8-16-43(24)39(52)54-41(4,5)6/h11-14,17-18,23-24,31-32H,7-10,15-16,19-20H2,1-6H3/t23-,24-,31?,32?/m1/s1. The van der Waals surface area contributed by atoms with Gasteiger partial charge in [-0.1, -0.05) is 12.1 Å². The molecule has 13 nitrogen and oxygen atoms in total. The molecule has 284 valence electrons. The molecule has 2 unspecified atom stereocenters. The Labute approximate surface area is 312 Å². The molecule has 2 aromatic rings. The summed E-state index contributed by atoms with van der Waals surface area (Å²) in [6.07, 6.45) is 0.788. The molecular formula is C41H44N2O11. The van der Waals surface area contributed by atoms with Crippen molar-refractivity contribution in [3.63, 3.8) is 0 Å². The molecule has 6 rings (SSSR count). The maximum atomic E-state index is 13.7. The van der Waals surface area contributed by atoms with Gasteiger partial charge in [-0.05, 0) is 91.5 Å². The molecule has 0 bridgehead atoms. The van der Waals surface area contributed by atoms with Crippen LogP contribution in [-0.4, -0.2) is 98.8 Å². The van der Waals surface area contributed by atoms with E-state index in [1.54, 1.807) is 41.5 Å². The Morgan fingerprint density at radius 2 is 0.926 bits per heavy atom. The maximum absolute atomic E-state index is 13.7. The highest BCUT2D eigenvalue weighted by Gasteiger charge is 2.47. The van der Waals surface area contributed by atoms with Gasteiger partial charge in [0.15, 0.2) is 40.5 Å². The Balaban J connectivity index is 1.14. The van der Waals surface area contributed by atoms with Gasteiger partial charge in [0.1, 0.15) is 23.0 Å². The number of hydrogen-bond donors (Lipinski definition) is 0. The summed E-state index contributed by atoms with van der Waals surface area (Å²) in [5.74, 6) is -7.86. The van der Waals surface area contributed by atoms with Crippen LogP contribution < -0.4 is 0 Å². The summed E-state index contributed by atoms with van der Waals surface area (Å²) in [6, 6.07) is 6.80. The summed E-state index contributed by atoms with van der Waals surface area (Å²) in [6.45, 7) is 11.2. The van der Waals surface area contributed by atoms with Gasteiger partial charge in [0.25, 0.3) is 0 Å². The van der Waals surface area contributed by atoms with E-state index in [-0.39, 0.29) is 46.2 Å². The first-order chi connectivity index (χ1) is 25.3. The van der Waals surface area contributed by atoms with Crippen molar-refractivity contribution in [2.75, 3.05) is 13.1 Å². The van der Waals surface area contributed by atoms with Crippen LogP contribution in [0.1, 0.15) is 137 Å². The van der Waals surface area contributed by atoms with Crippen LogP contribution in [0.3, 0.4) is 0 Å². The summed E-state index contributed by atoms with van der Waals surface area (Å²) in [4.78, 5) is 123. The minimum absolute atomic E-state index is 0.00824. The Hall–Kier alpha value is -5.33. The zero-order valence-corrected chi connectivity index (χ0v) is 31.3. The lowest BCUT2D eigenvalue weighted by molar-refractivity contribution is -0.122. The fourth-order valence-electron chi connectivity index (χ4n) is 7.74. The van der Waals surface area contributed by atoms with E-state index in [0.29, 0.717) is 38.8 Å². The van der Waals surface area contributed by atoms with Crippen LogP contribution in [-0.2, 0) is 19.1 Å². The van der Waals surface area contributed by atoms with Crippen molar-refractivity contribution in [2.45, 2.75) is 103 Å². The summed E-state index contributed by atoms with van der Waals surface area (Å²) in [5.41, 5.74) is -1.58. The van der Waals surface area contributed by atoms with Crippen molar-refractivity contribution >= 4 is 52.7 Å². The Morgan fingerprint density at radius 3 is 1.28 bits per heavy atom. The second kappa shape index (κ2) is 14.1. The number of Topliss-reactive ketones (excluding diaryl/α,β-unsaturated/α-hetero) is 6. The van der Waals surface area contributed by atoms with Gasteiger partial charge in [-0.2, -0.15) is 0 Å². The van der Waals surface area contributed by atoms with E-state index >= 15 is 0 Å². The molecule has 54 heavy (non-hydrogen) atoms. The van der Waals surface area contributed by atoms with Crippen molar-refractivity contribution in [3.8, 4) is 0 Å². The Morgan fingerprint density at radius 1 is 0.574 bits per heavy atom. The van der Waals surface area contributed by atoms with Gasteiger partial charge in [-0.3, -0.25) is 33.6 Å². The third-order valence-corrected chi connectivity index (χ3v) is 10.2. The topological polar surface area (TPSA) is 179 Å². The van der Waals surface area contributed by atoms with Gasteiger partial charge in [0, 0.05) is 71.4 Å². The highest BCUT2D eigenvalue weighted by molar-refractivity contribution is 6.37. The third kappa shape index (κ3) is 7.40. The average Bonchev–Trinajstić information content (AvgIpc) is 3.84. The molecule has 2 aliphatic carbocycles. The zero-order valence-electron chi connectivity index (χ0n) is 31.3. The third-order valence-electron chi connectivity index (χ3n) is 10.2. The quantitative estimate of drug-likeness (QED) is 0.242. The van der Waals surface area contributed by atoms with E-state index in [0.717, 1.165) is 0 Å². The van der Waals surface area contributed by atoms with Crippen LogP contribution in [0.5, 0.6) is 0 Å². The molecule has 0 saturated carbocycles. The van der Waals surface area contributed by atoms with Crippen LogP contribution in [0.15, 0.2) is 36.4 Å². The number of carbonyl (C=O) groups excluding carboxylic acids is 9. The van der Waals surface area contributed by atoms with Crippen molar-refractivity contribution in [1.29, 1.82) is 0 Å². The molecular weight excluding hydrogens is 696 g/mol. The number of ketones is 7. The van der Waals surface area contributed by atoms with E-state index < -0.39 is 87.8 Å². The predicted octanol–water partition coefficient (Wildman–Crippen LogP) is 5.63. The second-order valence-corrected chi connectivity index (χ2v) is 16.5. The molecule has 0 aromatic heterocycles. The van der Waals surface area contributed by atoms with E-state index in [2.05, 4.69) is 0 Å². The number of nitrogens with zero attached hydrogens (tertiary/aromatic N) is 2. The lowest BCUT2D eigenvalue weighted by Crippen LogP contribution is -2.41. The normalized spacial score (nSPS) is 22.4. The van der Waals surface area contributed by atoms with E-state index in [9.17, 15) is 43.2 Å². The molecule has 2 aliphatic heterocycles. The highest BCUT2D eigenvalue weighted by atomic mass is 16.6. The van der Waals surface area contributed by atoms with Crippen molar-refractivity contribution in [1.82, 2.24) is 9.80 Å². The second-order valence-electron chi connectivity index (χ2n) is 16.5. The minimum Gasteiger partial charge on any atom is -0.444 e. The molecule has 0 radical (unpaired) electrons. The predicted molar refractivity (Wildman–Crippen MR) is 192 cm³/mol. The molecule has 4 aliphatic rings. The maximum Gasteiger partial charge on any atom is 0.410 e. The number of ether oxygens (including phenoxy) is 2. The molecule has 2 heterocycles. The van der Waals surface area contributed by atoms with Crippen LogP contribution in [0, 0.1) is 11.8 Å². The fraction of sp³-hybridized carbons (Fsp3) is 0.488. The molecule has 2 aromatic carbocycles. The molecule has 0 N–H and O–H groups in total. The van der Waals surface area contributed by atoms with Gasteiger partial charge in [0.2, 0.25) is 0 Å². The fourth-order valence-corrected chi connectivity index (χ4v) is 7.74. The number of amides is 2. The number of likely N-dealkylation sites (tertiary alicyclic amines) is 2. The lowest BCUT2D eigenvalue weighted by Gasteiger charge is -2.28. The molecule has 2 amide bonds. The van der Waals surface area contributed by atoms with Gasteiger partial charge < -0.3 is 19.3 Å².